The van der Waals surface area contributed by atoms with Crippen molar-refractivity contribution in [3.8, 4) is 0 Å². The second-order valence-corrected chi connectivity index (χ2v) is 7.13. The van der Waals surface area contributed by atoms with Gasteiger partial charge in [-0.3, -0.25) is 4.79 Å². The lowest BCUT2D eigenvalue weighted by atomic mass is 10.0. The molecule has 1 atom stereocenters. The van der Waals surface area contributed by atoms with E-state index in [9.17, 15) is 4.79 Å². The third kappa shape index (κ3) is 4.22. The van der Waals surface area contributed by atoms with Gasteiger partial charge in [0.15, 0.2) is 0 Å². The van der Waals surface area contributed by atoms with Crippen molar-refractivity contribution < 1.29 is 4.79 Å². The molecule has 1 fully saturated rings. The molecule has 0 spiro atoms. The number of hydrogen-bond acceptors (Lipinski definition) is 2. The zero-order chi connectivity index (χ0) is 17.8. The van der Waals surface area contributed by atoms with Crippen molar-refractivity contribution in [1.29, 1.82) is 0 Å². The van der Waals surface area contributed by atoms with E-state index in [4.69, 9.17) is 0 Å². The molecule has 0 bridgehead atoms. The Balaban J connectivity index is 1.65. The Morgan fingerprint density at radius 2 is 1.64 bits per heavy atom. The lowest BCUT2D eigenvalue weighted by Gasteiger charge is -2.29. The van der Waals surface area contributed by atoms with E-state index in [0.717, 1.165) is 29.8 Å². The first-order valence-electron chi connectivity index (χ1n) is 9.27. The van der Waals surface area contributed by atoms with Gasteiger partial charge in [-0.2, -0.15) is 0 Å². The number of hydrogen-bond donors (Lipinski definition) is 1. The fourth-order valence-electron chi connectivity index (χ4n) is 3.37. The van der Waals surface area contributed by atoms with Crippen molar-refractivity contribution in [3.05, 3.63) is 64.7 Å². The highest BCUT2D eigenvalue weighted by molar-refractivity contribution is 5.94. The van der Waals surface area contributed by atoms with Crippen LogP contribution in [0.4, 0.5) is 5.69 Å². The molecule has 0 radical (unpaired) electrons. The molecular formula is C22H28N2O. The van der Waals surface area contributed by atoms with E-state index < -0.39 is 0 Å². The summed E-state index contributed by atoms with van der Waals surface area (Å²) in [5, 5.41) is 3.11. The Morgan fingerprint density at radius 1 is 0.960 bits per heavy atom. The van der Waals surface area contributed by atoms with Gasteiger partial charge in [-0.1, -0.05) is 18.2 Å². The number of piperidine rings is 1. The van der Waals surface area contributed by atoms with Crippen LogP contribution in [0, 0.1) is 13.8 Å². The maximum Gasteiger partial charge on any atom is 0.251 e. The second-order valence-electron chi connectivity index (χ2n) is 7.13. The Morgan fingerprint density at radius 3 is 2.28 bits per heavy atom. The first-order chi connectivity index (χ1) is 12.0. The number of amides is 1. The molecule has 1 saturated heterocycles. The van der Waals surface area contributed by atoms with Crippen LogP contribution in [0.25, 0.3) is 0 Å². The molecule has 1 amide bonds. The van der Waals surface area contributed by atoms with Crippen LogP contribution >= 0.6 is 0 Å². The van der Waals surface area contributed by atoms with E-state index in [2.05, 4.69) is 41.4 Å². The minimum atomic E-state index is -0.0179. The van der Waals surface area contributed by atoms with Crippen molar-refractivity contribution in [2.45, 2.75) is 46.1 Å². The van der Waals surface area contributed by atoms with Gasteiger partial charge in [-0.15, -0.1) is 0 Å². The minimum absolute atomic E-state index is 0.00971. The van der Waals surface area contributed by atoms with E-state index in [0.29, 0.717) is 0 Å². The standard InChI is InChI=1S/C22H28N2O/c1-16-7-8-20(15-17(16)2)22(25)23-18(3)19-9-11-21(12-10-19)24-13-5-4-6-14-24/h7-12,15,18H,4-6,13-14H2,1-3H3,(H,23,25)/t18-/m1/s1. The highest BCUT2D eigenvalue weighted by atomic mass is 16.1. The molecule has 1 aliphatic heterocycles. The first kappa shape index (κ1) is 17.5. The quantitative estimate of drug-likeness (QED) is 0.871. The number of carbonyl (C=O) groups excluding carboxylic acids is 1. The summed E-state index contributed by atoms with van der Waals surface area (Å²) in [6, 6.07) is 14.5. The summed E-state index contributed by atoms with van der Waals surface area (Å²) < 4.78 is 0. The molecule has 3 nitrogen and oxygen atoms in total. The fourth-order valence-corrected chi connectivity index (χ4v) is 3.37. The van der Waals surface area contributed by atoms with E-state index in [1.807, 2.05) is 32.0 Å². The number of benzene rings is 2. The third-order valence-electron chi connectivity index (χ3n) is 5.23. The average molecular weight is 336 g/mol. The zero-order valence-electron chi connectivity index (χ0n) is 15.5. The van der Waals surface area contributed by atoms with Crippen LogP contribution in [-0.4, -0.2) is 19.0 Å². The maximum absolute atomic E-state index is 12.5. The van der Waals surface area contributed by atoms with E-state index in [-0.39, 0.29) is 11.9 Å². The monoisotopic (exact) mass is 336 g/mol. The van der Waals surface area contributed by atoms with Crippen molar-refractivity contribution in [2.75, 3.05) is 18.0 Å². The summed E-state index contributed by atoms with van der Waals surface area (Å²) in [5.74, 6) is -0.0179. The van der Waals surface area contributed by atoms with Gasteiger partial charge in [0, 0.05) is 24.3 Å². The number of anilines is 1. The van der Waals surface area contributed by atoms with Crippen LogP contribution in [0.3, 0.4) is 0 Å². The molecule has 0 aromatic heterocycles. The molecule has 0 aliphatic carbocycles. The van der Waals surface area contributed by atoms with E-state index in [1.165, 1.54) is 30.5 Å². The van der Waals surface area contributed by atoms with Crippen LogP contribution in [-0.2, 0) is 0 Å². The Labute approximate surface area is 151 Å². The van der Waals surface area contributed by atoms with Gasteiger partial charge < -0.3 is 10.2 Å². The average Bonchev–Trinajstić information content (AvgIpc) is 2.64. The number of nitrogens with zero attached hydrogens (tertiary/aromatic N) is 1. The Hall–Kier alpha value is -2.29. The molecule has 0 unspecified atom stereocenters. The van der Waals surface area contributed by atoms with E-state index in [1.54, 1.807) is 0 Å². The summed E-state index contributed by atoms with van der Waals surface area (Å²) in [7, 11) is 0. The number of aryl methyl sites for hydroxylation is 2. The lowest BCUT2D eigenvalue weighted by Crippen LogP contribution is -2.29. The summed E-state index contributed by atoms with van der Waals surface area (Å²) >= 11 is 0. The molecule has 25 heavy (non-hydrogen) atoms. The van der Waals surface area contributed by atoms with Gasteiger partial charge in [-0.05, 0) is 81.0 Å². The van der Waals surface area contributed by atoms with Gasteiger partial charge in [0.2, 0.25) is 0 Å². The zero-order valence-corrected chi connectivity index (χ0v) is 15.5. The van der Waals surface area contributed by atoms with Gasteiger partial charge in [0.25, 0.3) is 5.91 Å². The number of nitrogens with one attached hydrogen (secondary N) is 1. The van der Waals surface area contributed by atoms with Crippen LogP contribution in [0.5, 0.6) is 0 Å². The fraction of sp³-hybridized carbons (Fsp3) is 0.409. The smallest absolute Gasteiger partial charge is 0.251 e. The second kappa shape index (κ2) is 7.73. The first-order valence-corrected chi connectivity index (χ1v) is 9.27. The van der Waals surface area contributed by atoms with Gasteiger partial charge in [0.05, 0.1) is 6.04 Å². The molecule has 2 aromatic rings. The maximum atomic E-state index is 12.5. The van der Waals surface area contributed by atoms with Gasteiger partial charge >= 0.3 is 0 Å². The van der Waals surface area contributed by atoms with Crippen LogP contribution in [0.15, 0.2) is 42.5 Å². The van der Waals surface area contributed by atoms with Crippen molar-refractivity contribution in [2.24, 2.45) is 0 Å². The summed E-state index contributed by atoms with van der Waals surface area (Å²) in [5.41, 5.74) is 5.50. The molecule has 3 heteroatoms. The highest BCUT2D eigenvalue weighted by Crippen LogP contribution is 2.22. The molecule has 2 aromatic carbocycles. The lowest BCUT2D eigenvalue weighted by molar-refractivity contribution is 0.0940. The van der Waals surface area contributed by atoms with Crippen LogP contribution in [0.1, 0.15) is 59.3 Å². The Kier molecular flexibility index (Phi) is 5.42. The Bertz CT molecular complexity index is 730. The molecular weight excluding hydrogens is 308 g/mol. The predicted molar refractivity (Wildman–Crippen MR) is 104 cm³/mol. The van der Waals surface area contributed by atoms with Gasteiger partial charge in [0.1, 0.15) is 0 Å². The molecule has 1 heterocycles. The molecule has 132 valence electrons. The molecule has 1 aliphatic rings. The number of rotatable bonds is 4. The number of carbonyl (C=O) groups is 1. The summed E-state index contributed by atoms with van der Waals surface area (Å²) in [6.07, 6.45) is 3.91. The van der Waals surface area contributed by atoms with E-state index >= 15 is 0 Å². The molecule has 1 N–H and O–H groups in total. The topological polar surface area (TPSA) is 32.3 Å². The highest BCUT2D eigenvalue weighted by Gasteiger charge is 2.14. The normalized spacial score (nSPS) is 15.7. The minimum Gasteiger partial charge on any atom is -0.372 e. The summed E-state index contributed by atoms with van der Waals surface area (Å²) in [4.78, 5) is 14.9. The summed E-state index contributed by atoms with van der Waals surface area (Å²) in [6.45, 7) is 8.43. The van der Waals surface area contributed by atoms with Crippen LogP contribution < -0.4 is 10.2 Å². The molecule has 3 rings (SSSR count). The molecule has 0 saturated carbocycles. The van der Waals surface area contributed by atoms with Gasteiger partial charge in [-0.25, -0.2) is 0 Å². The van der Waals surface area contributed by atoms with Crippen molar-refractivity contribution >= 4 is 11.6 Å². The van der Waals surface area contributed by atoms with Crippen molar-refractivity contribution in [3.63, 3.8) is 0 Å². The van der Waals surface area contributed by atoms with Crippen LogP contribution in [0.2, 0.25) is 0 Å². The predicted octanol–water partition coefficient (Wildman–Crippen LogP) is 4.78. The third-order valence-corrected chi connectivity index (χ3v) is 5.23. The van der Waals surface area contributed by atoms with Crippen molar-refractivity contribution in [1.82, 2.24) is 5.32 Å². The largest absolute Gasteiger partial charge is 0.372 e. The SMILES string of the molecule is Cc1ccc(C(=O)N[C@H](C)c2ccc(N3CCCCC3)cc2)cc1C.